The molecule has 0 aromatic heterocycles. The Bertz CT molecular complexity index is 1010. The lowest BCUT2D eigenvalue weighted by molar-refractivity contribution is 0.0734. The van der Waals surface area contributed by atoms with Crippen molar-refractivity contribution in [3.8, 4) is 22.6 Å². The summed E-state index contributed by atoms with van der Waals surface area (Å²) in [6.07, 6.45) is 8.95. The Balaban J connectivity index is 1.45. The third-order valence-electron chi connectivity index (χ3n) is 6.24. The maximum absolute atomic E-state index is 12.5. The van der Waals surface area contributed by atoms with Crippen molar-refractivity contribution in [2.24, 2.45) is 0 Å². The van der Waals surface area contributed by atoms with Crippen LogP contribution in [0, 0.1) is 0 Å². The number of esters is 1. The van der Waals surface area contributed by atoms with Gasteiger partial charge >= 0.3 is 5.97 Å². The number of hydrogen-bond donors (Lipinski definition) is 0. The van der Waals surface area contributed by atoms with Crippen molar-refractivity contribution in [3.63, 3.8) is 0 Å². The van der Waals surface area contributed by atoms with Crippen LogP contribution in [0.3, 0.4) is 0 Å². The minimum atomic E-state index is -0.378. The van der Waals surface area contributed by atoms with Crippen molar-refractivity contribution < 1.29 is 19.0 Å². The molecule has 0 saturated heterocycles. The Labute approximate surface area is 210 Å². The highest BCUT2D eigenvalue weighted by Gasteiger charge is 2.11. The summed E-state index contributed by atoms with van der Waals surface area (Å²) < 4.78 is 16.7. The van der Waals surface area contributed by atoms with Crippen molar-refractivity contribution in [3.05, 3.63) is 83.9 Å². The lowest BCUT2D eigenvalue weighted by Crippen LogP contribution is -2.08. The Morgan fingerprint density at radius 3 is 1.83 bits per heavy atom. The number of carbonyl (C=O) groups is 1. The van der Waals surface area contributed by atoms with Gasteiger partial charge in [0.05, 0.1) is 18.3 Å². The number of methoxy groups -OCH3 is 1. The second kappa shape index (κ2) is 14.3. The van der Waals surface area contributed by atoms with Crippen LogP contribution in [0.25, 0.3) is 11.1 Å². The van der Waals surface area contributed by atoms with E-state index in [-0.39, 0.29) is 12.1 Å². The van der Waals surface area contributed by atoms with Gasteiger partial charge in [-0.05, 0) is 66.4 Å². The topological polar surface area (TPSA) is 44.8 Å². The molecule has 0 aliphatic carbocycles. The molecule has 35 heavy (non-hydrogen) atoms. The Morgan fingerprint density at radius 1 is 0.714 bits per heavy atom. The molecule has 0 N–H and O–H groups in total. The number of rotatable bonds is 14. The van der Waals surface area contributed by atoms with Gasteiger partial charge in [0.25, 0.3) is 0 Å². The number of unbranched alkanes of at least 4 members (excludes halogenated alkanes) is 6. The highest BCUT2D eigenvalue weighted by molar-refractivity contribution is 5.91. The van der Waals surface area contributed by atoms with Crippen molar-refractivity contribution in [2.75, 3.05) is 13.7 Å². The fourth-order valence-corrected chi connectivity index (χ4v) is 3.90. The molecule has 1 unspecified atom stereocenters. The molecule has 3 rings (SSSR count). The fraction of sp³-hybridized carbons (Fsp3) is 0.387. The van der Waals surface area contributed by atoms with Crippen LogP contribution in [0.1, 0.15) is 80.8 Å². The van der Waals surface area contributed by atoms with Gasteiger partial charge in [-0.2, -0.15) is 0 Å². The predicted octanol–water partition coefficient (Wildman–Crippen LogP) is 8.41. The fourth-order valence-electron chi connectivity index (χ4n) is 3.90. The van der Waals surface area contributed by atoms with Gasteiger partial charge in [-0.15, -0.1) is 0 Å². The third-order valence-corrected chi connectivity index (χ3v) is 6.24. The second-order valence-electron chi connectivity index (χ2n) is 8.91. The molecule has 186 valence electrons. The van der Waals surface area contributed by atoms with Crippen LogP contribution in [-0.4, -0.2) is 19.7 Å². The van der Waals surface area contributed by atoms with Gasteiger partial charge in [0.1, 0.15) is 11.5 Å². The van der Waals surface area contributed by atoms with E-state index in [0.29, 0.717) is 11.3 Å². The van der Waals surface area contributed by atoms with Crippen molar-refractivity contribution in [2.45, 2.75) is 64.9 Å². The van der Waals surface area contributed by atoms with E-state index in [4.69, 9.17) is 14.2 Å². The first kappa shape index (κ1) is 26.5. The van der Waals surface area contributed by atoms with Gasteiger partial charge in [-0.25, -0.2) is 4.79 Å². The molecule has 4 heteroatoms. The minimum absolute atomic E-state index is 0.0154. The number of hydrogen-bond acceptors (Lipinski definition) is 4. The molecular weight excluding hydrogens is 436 g/mol. The first-order chi connectivity index (χ1) is 17.1. The number of carbonyl (C=O) groups excluding carboxylic acids is 1. The first-order valence-electron chi connectivity index (χ1n) is 12.8. The maximum atomic E-state index is 12.5. The Kier molecular flexibility index (Phi) is 10.8. The van der Waals surface area contributed by atoms with Gasteiger partial charge in [-0.1, -0.05) is 81.8 Å². The summed E-state index contributed by atoms with van der Waals surface area (Å²) in [6.45, 7) is 4.98. The van der Waals surface area contributed by atoms with Gasteiger partial charge in [0, 0.05) is 7.11 Å². The smallest absolute Gasteiger partial charge is 0.343 e. The van der Waals surface area contributed by atoms with Crippen LogP contribution in [0.2, 0.25) is 0 Å². The molecule has 0 spiro atoms. The summed E-state index contributed by atoms with van der Waals surface area (Å²) in [5, 5.41) is 0. The van der Waals surface area contributed by atoms with E-state index in [2.05, 4.69) is 19.1 Å². The zero-order valence-electron chi connectivity index (χ0n) is 21.3. The van der Waals surface area contributed by atoms with E-state index in [0.717, 1.165) is 35.5 Å². The normalized spacial score (nSPS) is 11.7. The first-order valence-corrected chi connectivity index (χ1v) is 12.8. The van der Waals surface area contributed by atoms with E-state index >= 15 is 0 Å². The monoisotopic (exact) mass is 474 g/mol. The summed E-state index contributed by atoms with van der Waals surface area (Å²) in [5.74, 6) is 1.04. The predicted molar refractivity (Wildman–Crippen MR) is 142 cm³/mol. The average Bonchev–Trinajstić information content (AvgIpc) is 2.90. The van der Waals surface area contributed by atoms with Crippen LogP contribution >= 0.6 is 0 Å². The van der Waals surface area contributed by atoms with E-state index in [1.165, 1.54) is 38.5 Å². The molecule has 0 radical (unpaired) electrons. The molecule has 0 fully saturated rings. The highest BCUT2D eigenvalue weighted by atomic mass is 16.5. The van der Waals surface area contributed by atoms with Gasteiger partial charge in [0.2, 0.25) is 0 Å². The Morgan fingerprint density at radius 2 is 1.26 bits per heavy atom. The number of ether oxygens (including phenoxy) is 3. The maximum Gasteiger partial charge on any atom is 0.343 e. The molecule has 0 amide bonds. The van der Waals surface area contributed by atoms with Gasteiger partial charge in [0.15, 0.2) is 0 Å². The molecule has 0 aliphatic rings. The van der Waals surface area contributed by atoms with Crippen LogP contribution in [-0.2, 0) is 4.74 Å². The van der Waals surface area contributed by atoms with E-state index in [1.54, 1.807) is 19.2 Å². The molecule has 3 aromatic rings. The van der Waals surface area contributed by atoms with E-state index in [1.807, 2.05) is 55.5 Å². The minimum Gasteiger partial charge on any atom is -0.494 e. The second-order valence-corrected chi connectivity index (χ2v) is 8.91. The van der Waals surface area contributed by atoms with Gasteiger partial charge < -0.3 is 14.2 Å². The molecule has 1 atom stereocenters. The molecular formula is C31H38O4. The van der Waals surface area contributed by atoms with Crippen molar-refractivity contribution in [1.29, 1.82) is 0 Å². The summed E-state index contributed by atoms with van der Waals surface area (Å²) in [4.78, 5) is 12.5. The molecule has 0 saturated carbocycles. The summed E-state index contributed by atoms with van der Waals surface area (Å²) >= 11 is 0. The zero-order valence-corrected chi connectivity index (χ0v) is 21.3. The summed E-state index contributed by atoms with van der Waals surface area (Å²) in [6, 6.07) is 23.0. The lowest BCUT2D eigenvalue weighted by Gasteiger charge is -2.10. The van der Waals surface area contributed by atoms with Crippen molar-refractivity contribution in [1.82, 2.24) is 0 Å². The zero-order chi connectivity index (χ0) is 24.9. The SMILES string of the molecule is CCCCCCCCCOc1ccc(-c2ccc(OC(=O)c3ccc(C(C)OC)cc3)cc2)cc1. The van der Waals surface area contributed by atoms with E-state index < -0.39 is 0 Å². The quantitative estimate of drug-likeness (QED) is 0.134. The molecule has 0 aliphatic heterocycles. The average molecular weight is 475 g/mol. The van der Waals surface area contributed by atoms with E-state index in [9.17, 15) is 4.79 Å². The molecule has 4 nitrogen and oxygen atoms in total. The summed E-state index contributed by atoms with van der Waals surface area (Å²) in [7, 11) is 1.66. The standard InChI is InChI=1S/C31H38O4/c1-4-5-6-7-8-9-10-23-34-29-19-15-26(16-20-29)27-17-21-30(22-18-27)35-31(32)28-13-11-25(12-14-28)24(2)33-3/h11-22,24H,4-10,23H2,1-3H3. The van der Waals surface area contributed by atoms with Crippen LogP contribution < -0.4 is 9.47 Å². The van der Waals surface area contributed by atoms with Crippen molar-refractivity contribution >= 4 is 5.97 Å². The molecule has 0 bridgehead atoms. The van der Waals surface area contributed by atoms with Crippen LogP contribution in [0.5, 0.6) is 11.5 Å². The van der Waals surface area contributed by atoms with Gasteiger partial charge in [-0.3, -0.25) is 0 Å². The van der Waals surface area contributed by atoms with Crippen LogP contribution in [0.4, 0.5) is 0 Å². The molecule has 0 heterocycles. The number of benzene rings is 3. The summed E-state index contributed by atoms with van der Waals surface area (Å²) in [5.41, 5.74) is 3.67. The largest absolute Gasteiger partial charge is 0.494 e. The van der Waals surface area contributed by atoms with Crippen LogP contribution in [0.15, 0.2) is 72.8 Å². The molecule has 3 aromatic carbocycles. The third kappa shape index (κ3) is 8.56. The highest BCUT2D eigenvalue weighted by Crippen LogP contribution is 2.25. The Hall–Kier alpha value is -3.11. The lowest BCUT2D eigenvalue weighted by atomic mass is 10.1.